The van der Waals surface area contributed by atoms with Gasteiger partial charge in [0.2, 0.25) is 0 Å². The molecule has 3 atom stereocenters. The van der Waals surface area contributed by atoms with Gasteiger partial charge in [-0.2, -0.15) is 0 Å². The summed E-state index contributed by atoms with van der Waals surface area (Å²) < 4.78 is 10.3. The van der Waals surface area contributed by atoms with Crippen molar-refractivity contribution in [1.82, 2.24) is 5.32 Å². The van der Waals surface area contributed by atoms with Gasteiger partial charge in [-0.1, -0.05) is 37.5 Å². The highest BCUT2D eigenvalue weighted by molar-refractivity contribution is 5.70. The quantitative estimate of drug-likeness (QED) is 0.704. The van der Waals surface area contributed by atoms with E-state index in [2.05, 4.69) is 23.5 Å². The van der Waals surface area contributed by atoms with Crippen molar-refractivity contribution >= 4 is 6.09 Å². The van der Waals surface area contributed by atoms with E-state index < -0.39 is 0 Å². The van der Waals surface area contributed by atoms with E-state index in [1.54, 1.807) is 18.2 Å². The van der Waals surface area contributed by atoms with Crippen molar-refractivity contribution in [1.29, 1.82) is 0 Å². The predicted molar refractivity (Wildman–Crippen MR) is 106 cm³/mol. The van der Waals surface area contributed by atoms with E-state index in [-0.39, 0.29) is 11.6 Å². The second-order valence-corrected chi connectivity index (χ2v) is 8.90. The van der Waals surface area contributed by atoms with Crippen LogP contribution in [0.15, 0.2) is 18.2 Å². The molecule has 148 valence electrons. The summed E-state index contributed by atoms with van der Waals surface area (Å²) in [6.07, 6.45) is 11.9. The Hall–Kier alpha value is -1.55. The van der Waals surface area contributed by atoms with Crippen LogP contribution in [0, 0.1) is 5.92 Å². The standard InChI is InChI=1S/C23H33NO3/c1-26-12-4-2-3-5-17-6-7-19-14-20(9-8-18(19)13-17)21-10-11-23(15-21)16-27-22(25)24-23/h8-9,14,17,21H,2-7,10-13,15-16H2,1H3,(H,24,25)/t17?,21?,23-/m1/s1. The normalized spacial score (nSPS) is 29.6. The summed E-state index contributed by atoms with van der Waals surface area (Å²) in [6, 6.07) is 7.20. The summed E-state index contributed by atoms with van der Waals surface area (Å²) in [5, 5.41) is 3.06. The Labute approximate surface area is 163 Å². The molecular formula is C23H33NO3. The van der Waals surface area contributed by atoms with Gasteiger partial charge in [0.05, 0.1) is 5.54 Å². The Morgan fingerprint density at radius 3 is 2.96 bits per heavy atom. The van der Waals surface area contributed by atoms with Gasteiger partial charge in [0.15, 0.2) is 0 Å². The molecule has 1 heterocycles. The highest BCUT2D eigenvalue weighted by Gasteiger charge is 2.46. The molecule has 2 fully saturated rings. The second kappa shape index (κ2) is 8.22. The first-order valence-electron chi connectivity index (χ1n) is 10.7. The fourth-order valence-corrected chi connectivity index (χ4v) is 5.35. The molecule has 1 spiro atoms. The smallest absolute Gasteiger partial charge is 0.407 e. The van der Waals surface area contributed by atoms with Crippen LogP contribution < -0.4 is 5.32 Å². The number of benzene rings is 1. The molecule has 1 N–H and O–H groups in total. The summed E-state index contributed by atoms with van der Waals surface area (Å²) in [5.74, 6) is 1.40. The van der Waals surface area contributed by atoms with Crippen molar-refractivity contribution < 1.29 is 14.3 Å². The lowest BCUT2D eigenvalue weighted by molar-refractivity contribution is 0.172. The third kappa shape index (κ3) is 4.31. The Morgan fingerprint density at radius 1 is 1.22 bits per heavy atom. The molecule has 0 bridgehead atoms. The summed E-state index contributed by atoms with van der Waals surface area (Å²) in [5.41, 5.74) is 4.49. The molecule has 0 radical (unpaired) electrons. The summed E-state index contributed by atoms with van der Waals surface area (Å²) in [4.78, 5) is 11.5. The zero-order valence-corrected chi connectivity index (χ0v) is 16.6. The summed E-state index contributed by atoms with van der Waals surface area (Å²) >= 11 is 0. The Morgan fingerprint density at radius 2 is 2.15 bits per heavy atom. The van der Waals surface area contributed by atoms with Crippen molar-refractivity contribution in [3.05, 3.63) is 34.9 Å². The largest absolute Gasteiger partial charge is 0.447 e. The lowest BCUT2D eigenvalue weighted by Crippen LogP contribution is -2.40. The van der Waals surface area contributed by atoms with E-state index in [1.165, 1.54) is 50.5 Å². The van der Waals surface area contributed by atoms with Crippen molar-refractivity contribution in [2.45, 2.75) is 75.7 Å². The molecular weight excluding hydrogens is 338 g/mol. The minimum Gasteiger partial charge on any atom is -0.447 e. The number of carbonyl (C=O) groups excluding carboxylic acids is 1. The number of nitrogens with one attached hydrogen (secondary N) is 1. The van der Waals surface area contributed by atoms with Crippen molar-refractivity contribution in [3.63, 3.8) is 0 Å². The zero-order valence-electron chi connectivity index (χ0n) is 16.6. The van der Waals surface area contributed by atoms with E-state index in [4.69, 9.17) is 9.47 Å². The lowest BCUT2D eigenvalue weighted by atomic mass is 9.79. The minimum atomic E-state index is -0.241. The van der Waals surface area contributed by atoms with Crippen LogP contribution in [0.25, 0.3) is 0 Å². The minimum absolute atomic E-state index is 0.106. The van der Waals surface area contributed by atoms with E-state index in [0.29, 0.717) is 12.5 Å². The number of alkyl carbamates (subject to hydrolysis) is 1. The molecule has 0 aromatic heterocycles. The zero-order chi connectivity index (χ0) is 18.7. The molecule has 27 heavy (non-hydrogen) atoms. The van der Waals surface area contributed by atoms with Crippen molar-refractivity contribution in [2.24, 2.45) is 5.92 Å². The first-order valence-corrected chi connectivity index (χ1v) is 10.7. The van der Waals surface area contributed by atoms with E-state index >= 15 is 0 Å². The van der Waals surface area contributed by atoms with Gasteiger partial charge >= 0.3 is 6.09 Å². The van der Waals surface area contributed by atoms with Gasteiger partial charge in [0.25, 0.3) is 0 Å². The van der Waals surface area contributed by atoms with Crippen molar-refractivity contribution in [3.8, 4) is 0 Å². The number of unbranched alkanes of at least 4 members (excludes halogenated alkanes) is 2. The van der Waals surface area contributed by atoms with Crippen LogP contribution in [0.1, 0.15) is 74.0 Å². The van der Waals surface area contributed by atoms with Gasteiger partial charge in [0, 0.05) is 13.7 Å². The third-order valence-corrected chi connectivity index (χ3v) is 6.95. The molecule has 1 aromatic rings. The van der Waals surface area contributed by atoms with Gasteiger partial charge in [-0.3, -0.25) is 0 Å². The Kier molecular flexibility index (Phi) is 5.72. The number of amides is 1. The number of fused-ring (bicyclic) bond motifs is 1. The van der Waals surface area contributed by atoms with Gasteiger partial charge < -0.3 is 14.8 Å². The van der Waals surface area contributed by atoms with E-state index in [1.807, 2.05) is 0 Å². The molecule has 1 aromatic carbocycles. The Balaban J connectivity index is 1.32. The van der Waals surface area contributed by atoms with Crippen LogP contribution in [0.3, 0.4) is 0 Å². The average Bonchev–Trinajstić information content (AvgIpc) is 3.27. The second-order valence-electron chi connectivity index (χ2n) is 8.90. The first kappa shape index (κ1) is 18.8. The SMILES string of the molecule is COCCCCCC1CCc2cc(C3CC[C@]4(COC(=O)N4)C3)ccc2C1. The van der Waals surface area contributed by atoms with Gasteiger partial charge in [-0.15, -0.1) is 0 Å². The molecule has 1 aliphatic heterocycles. The molecule has 1 saturated heterocycles. The van der Waals surface area contributed by atoms with Crippen molar-refractivity contribution in [2.75, 3.05) is 20.3 Å². The Bertz CT molecular complexity index is 674. The maximum Gasteiger partial charge on any atom is 0.407 e. The number of methoxy groups -OCH3 is 1. The number of hydrogen-bond acceptors (Lipinski definition) is 3. The average molecular weight is 372 g/mol. The van der Waals surface area contributed by atoms with Crippen LogP contribution in [-0.2, 0) is 22.3 Å². The predicted octanol–water partition coefficient (Wildman–Crippen LogP) is 4.74. The fourth-order valence-electron chi connectivity index (χ4n) is 5.35. The summed E-state index contributed by atoms with van der Waals surface area (Å²) in [7, 11) is 1.79. The monoisotopic (exact) mass is 371 g/mol. The van der Waals surface area contributed by atoms with Crippen LogP contribution in [0.5, 0.6) is 0 Å². The highest BCUT2D eigenvalue weighted by Crippen LogP contribution is 2.43. The number of rotatable bonds is 7. The molecule has 2 unspecified atom stereocenters. The first-order chi connectivity index (χ1) is 13.2. The molecule has 2 aliphatic carbocycles. The van der Waals surface area contributed by atoms with Crippen LogP contribution in [0.2, 0.25) is 0 Å². The molecule has 1 saturated carbocycles. The molecule has 3 aliphatic rings. The topological polar surface area (TPSA) is 47.6 Å². The maximum absolute atomic E-state index is 11.5. The van der Waals surface area contributed by atoms with Gasteiger partial charge in [0.1, 0.15) is 6.61 Å². The molecule has 4 nitrogen and oxygen atoms in total. The molecule has 4 heteroatoms. The number of aryl methyl sites for hydroxylation is 1. The third-order valence-electron chi connectivity index (χ3n) is 6.95. The molecule has 1 amide bonds. The fraction of sp³-hybridized carbons (Fsp3) is 0.696. The number of carbonyl (C=O) groups is 1. The van der Waals surface area contributed by atoms with Crippen LogP contribution in [0.4, 0.5) is 4.79 Å². The lowest BCUT2D eigenvalue weighted by Gasteiger charge is -2.26. The van der Waals surface area contributed by atoms with Gasteiger partial charge in [-0.25, -0.2) is 4.79 Å². The van der Waals surface area contributed by atoms with Crippen LogP contribution in [-0.4, -0.2) is 32.0 Å². The van der Waals surface area contributed by atoms with Crippen LogP contribution >= 0.6 is 0 Å². The molecule has 4 rings (SSSR count). The van der Waals surface area contributed by atoms with E-state index in [0.717, 1.165) is 31.8 Å². The number of hydrogen-bond donors (Lipinski definition) is 1. The van der Waals surface area contributed by atoms with E-state index in [9.17, 15) is 4.79 Å². The maximum atomic E-state index is 11.5. The number of ether oxygens (including phenoxy) is 2. The highest BCUT2D eigenvalue weighted by atomic mass is 16.6. The van der Waals surface area contributed by atoms with Gasteiger partial charge in [-0.05, 0) is 73.5 Å². The summed E-state index contributed by atoms with van der Waals surface area (Å²) in [6.45, 7) is 1.44. The number of cyclic esters (lactones) is 1.